The number of anilines is 1. The van der Waals surface area contributed by atoms with E-state index in [1.165, 1.54) is 4.70 Å². The number of thiophene rings is 1. The van der Waals surface area contributed by atoms with Gasteiger partial charge in [-0.3, -0.25) is 4.79 Å². The zero-order valence-corrected chi connectivity index (χ0v) is 11.2. The highest BCUT2D eigenvalue weighted by Crippen LogP contribution is 2.28. The molecule has 0 saturated heterocycles. The fourth-order valence-electron chi connectivity index (χ4n) is 1.69. The van der Waals surface area contributed by atoms with E-state index >= 15 is 0 Å². The lowest BCUT2D eigenvalue weighted by Crippen LogP contribution is -2.12. The van der Waals surface area contributed by atoms with Gasteiger partial charge >= 0.3 is 0 Å². The second-order valence-corrected chi connectivity index (χ2v) is 5.46. The van der Waals surface area contributed by atoms with Crippen molar-refractivity contribution in [3.63, 3.8) is 0 Å². The molecule has 3 heteroatoms. The highest BCUT2D eigenvalue weighted by atomic mass is 32.1. The van der Waals surface area contributed by atoms with Gasteiger partial charge < -0.3 is 5.32 Å². The Morgan fingerprint density at radius 3 is 2.82 bits per heavy atom. The van der Waals surface area contributed by atoms with Crippen LogP contribution in [0.3, 0.4) is 0 Å². The van der Waals surface area contributed by atoms with Gasteiger partial charge in [-0.05, 0) is 49.9 Å². The lowest BCUT2D eigenvalue weighted by molar-refractivity contribution is 0.102. The van der Waals surface area contributed by atoms with Crippen LogP contribution in [0.25, 0.3) is 10.1 Å². The first-order valence-electron chi connectivity index (χ1n) is 5.91. The monoisotopic (exact) mass is 247 g/mol. The molecule has 1 aromatic carbocycles. The highest BCUT2D eigenvalue weighted by Gasteiger charge is 2.07. The van der Waals surface area contributed by atoms with Crippen molar-refractivity contribution in [3.8, 4) is 0 Å². The van der Waals surface area contributed by atoms with E-state index < -0.39 is 0 Å². The summed E-state index contributed by atoms with van der Waals surface area (Å²) in [4.78, 5) is 12.2. The molecular formula is C14H17NOS. The maximum absolute atomic E-state index is 11.3. The summed E-state index contributed by atoms with van der Waals surface area (Å²) in [7, 11) is 0. The summed E-state index contributed by atoms with van der Waals surface area (Å²) in [6, 6.07) is 8.72. The summed E-state index contributed by atoms with van der Waals surface area (Å²) in [6.07, 6.45) is 1.10. The standard InChI is InChI=1S/C14H17NOS/c1-4-9(2)15-12-5-6-13-11(7-12)8-14(17-13)10(3)16/h5-9,15H,4H2,1-3H3. The van der Waals surface area contributed by atoms with E-state index in [4.69, 9.17) is 0 Å². The molecule has 90 valence electrons. The summed E-state index contributed by atoms with van der Waals surface area (Å²) < 4.78 is 1.17. The van der Waals surface area contributed by atoms with Crippen molar-refractivity contribution in [2.45, 2.75) is 33.2 Å². The topological polar surface area (TPSA) is 29.1 Å². The molecule has 0 aliphatic rings. The predicted octanol–water partition coefficient (Wildman–Crippen LogP) is 4.31. The Balaban J connectivity index is 2.33. The van der Waals surface area contributed by atoms with Crippen molar-refractivity contribution in [1.82, 2.24) is 0 Å². The van der Waals surface area contributed by atoms with Crippen molar-refractivity contribution < 1.29 is 4.79 Å². The Morgan fingerprint density at radius 2 is 2.18 bits per heavy atom. The number of fused-ring (bicyclic) bond motifs is 1. The minimum Gasteiger partial charge on any atom is -0.383 e. The number of hydrogen-bond donors (Lipinski definition) is 1. The van der Waals surface area contributed by atoms with Crippen LogP contribution >= 0.6 is 11.3 Å². The number of Topliss-reactive ketones (excluding diaryl/α,β-unsaturated/α-hetero) is 1. The van der Waals surface area contributed by atoms with E-state index in [9.17, 15) is 4.79 Å². The van der Waals surface area contributed by atoms with Gasteiger partial charge in [0.25, 0.3) is 0 Å². The van der Waals surface area contributed by atoms with E-state index in [1.54, 1.807) is 18.3 Å². The first-order chi connectivity index (χ1) is 8.10. The molecule has 0 spiro atoms. The van der Waals surface area contributed by atoms with Gasteiger partial charge in [0.15, 0.2) is 5.78 Å². The summed E-state index contributed by atoms with van der Waals surface area (Å²) in [6.45, 7) is 5.94. The summed E-state index contributed by atoms with van der Waals surface area (Å²) in [5.74, 6) is 0.141. The maximum Gasteiger partial charge on any atom is 0.169 e. The Labute approximate surface area is 106 Å². The molecule has 1 atom stereocenters. The number of rotatable bonds is 4. The van der Waals surface area contributed by atoms with Gasteiger partial charge in [-0.25, -0.2) is 0 Å². The zero-order chi connectivity index (χ0) is 12.4. The van der Waals surface area contributed by atoms with E-state index in [0.717, 1.165) is 22.4 Å². The first kappa shape index (κ1) is 12.1. The van der Waals surface area contributed by atoms with Gasteiger partial charge in [0.1, 0.15) is 0 Å². The number of nitrogens with one attached hydrogen (secondary N) is 1. The molecule has 1 heterocycles. The summed E-state index contributed by atoms with van der Waals surface area (Å²) in [5.41, 5.74) is 1.12. The smallest absolute Gasteiger partial charge is 0.169 e. The molecule has 1 N–H and O–H groups in total. The Morgan fingerprint density at radius 1 is 1.41 bits per heavy atom. The number of carbonyl (C=O) groups is 1. The molecule has 0 aliphatic carbocycles. The molecule has 0 bridgehead atoms. The minimum absolute atomic E-state index is 0.141. The lowest BCUT2D eigenvalue weighted by Gasteiger charge is -2.12. The first-order valence-corrected chi connectivity index (χ1v) is 6.73. The van der Waals surface area contributed by atoms with Crippen molar-refractivity contribution in [2.75, 3.05) is 5.32 Å². The average molecular weight is 247 g/mol. The van der Waals surface area contributed by atoms with Gasteiger partial charge in [-0.15, -0.1) is 11.3 Å². The van der Waals surface area contributed by atoms with Crippen LogP contribution in [0.5, 0.6) is 0 Å². The van der Waals surface area contributed by atoms with Crippen LogP contribution in [0.2, 0.25) is 0 Å². The zero-order valence-electron chi connectivity index (χ0n) is 10.4. The Bertz CT molecular complexity index is 544. The number of benzene rings is 1. The third-order valence-corrected chi connectivity index (χ3v) is 4.11. The third kappa shape index (κ3) is 2.67. The Hall–Kier alpha value is -1.35. The SMILES string of the molecule is CCC(C)Nc1ccc2sc(C(C)=O)cc2c1. The fraction of sp³-hybridized carbons (Fsp3) is 0.357. The molecule has 2 aromatic rings. The second-order valence-electron chi connectivity index (χ2n) is 4.37. The van der Waals surface area contributed by atoms with Crippen LogP contribution in [0.1, 0.15) is 36.9 Å². The fourth-order valence-corrected chi connectivity index (χ4v) is 2.63. The second kappa shape index (κ2) is 4.88. The number of hydrogen-bond acceptors (Lipinski definition) is 3. The van der Waals surface area contributed by atoms with E-state index in [-0.39, 0.29) is 5.78 Å². The summed E-state index contributed by atoms with van der Waals surface area (Å²) >= 11 is 1.56. The van der Waals surface area contributed by atoms with E-state index in [1.807, 2.05) is 6.07 Å². The van der Waals surface area contributed by atoms with Crippen molar-refractivity contribution in [2.24, 2.45) is 0 Å². The van der Waals surface area contributed by atoms with Gasteiger partial charge in [-0.1, -0.05) is 6.92 Å². The van der Waals surface area contributed by atoms with Crippen LogP contribution in [0.15, 0.2) is 24.3 Å². The lowest BCUT2D eigenvalue weighted by atomic mass is 10.2. The van der Waals surface area contributed by atoms with Crippen LogP contribution in [0, 0.1) is 0 Å². The Kier molecular flexibility index (Phi) is 3.48. The van der Waals surface area contributed by atoms with Crippen LogP contribution < -0.4 is 5.32 Å². The third-order valence-electron chi connectivity index (χ3n) is 2.89. The molecule has 17 heavy (non-hydrogen) atoms. The van der Waals surface area contributed by atoms with Gasteiger partial charge in [0.05, 0.1) is 4.88 Å². The number of carbonyl (C=O) groups excluding carboxylic acids is 1. The van der Waals surface area contributed by atoms with Crippen LogP contribution in [-0.2, 0) is 0 Å². The molecule has 2 nitrogen and oxygen atoms in total. The van der Waals surface area contributed by atoms with Crippen molar-refractivity contribution >= 4 is 32.9 Å². The molecule has 0 saturated carbocycles. The predicted molar refractivity (Wildman–Crippen MR) is 75.2 cm³/mol. The van der Waals surface area contributed by atoms with Gasteiger partial charge in [0.2, 0.25) is 0 Å². The quantitative estimate of drug-likeness (QED) is 0.815. The molecular weight excluding hydrogens is 230 g/mol. The molecule has 1 aromatic heterocycles. The van der Waals surface area contributed by atoms with E-state index in [2.05, 4.69) is 37.4 Å². The van der Waals surface area contributed by atoms with Crippen LogP contribution in [0.4, 0.5) is 5.69 Å². The normalized spacial score (nSPS) is 12.6. The summed E-state index contributed by atoms with van der Waals surface area (Å²) in [5, 5.41) is 4.59. The van der Waals surface area contributed by atoms with Crippen LogP contribution in [-0.4, -0.2) is 11.8 Å². The minimum atomic E-state index is 0.141. The van der Waals surface area contributed by atoms with Crippen molar-refractivity contribution in [3.05, 3.63) is 29.1 Å². The van der Waals surface area contributed by atoms with Crippen molar-refractivity contribution in [1.29, 1.82) is 0 Å². The molecule has 0 aliphatic heterocycles. The van der Waals surface area contributed by atoms with Gasteiger partial charge in [0, 0.05) is 16.4 Å². The number of ketones is 1. The average Bonchev–Trinajstić information content (AvgIpc) is 2.72. The highest BCUT2D eigenvalue weighted by molar-refractivity contribution is 7.20. The largest absolute Gasteiger partial charge is 0.383 e. The van der Waals surface area contributed by atoms with E-state index in [0.29, 0.717) is 6.04 Å². The molecule has 0 fully saturated rings. The molecule has 2 rings (SSSR count). The molecule has 1 unspecified atom stereocenters. The maximum atomic E-state index is 11.3. The molecule has 0 radical (unpaired) electrons. The van der Waals surface area contributed by atoms with Gasteiger partial charge in [-0.2, -0.15) is 0 Å². The molecule has 0 amide bonds.